The van der Waals surface area contributed by atoms with Crippen molar-refractivity contribution in [1.82, 2.24) is 5.32 Å². The summed E-state index contributed by atoms with van der Waals surface area (Å²) in [5.74, 6) is 2.83. The third-order valence-electron chi connectivity index (χ3n) is 2.83. The first-order chi connectivity index (χ1) is 8.19. The molecule has 0 aromatic heterocycles. The van der Waals surface area contributed by atoms with Gasteiger partial charge in [-0.1, -0.05) is 6.07 Å². The van der Waals surface area contributed by atoms with E-state index in [0.29, 0.717) is 11.7 Å². The van der Waals surface area contributed by atoms with E-state index in [9.17, 15) is 4.21 Å². The lowest BCUT2D eigenvalue weighted by molar-refractivity contribution is 0.382. The van der Waals surface area contributed by atoms with E-state index in [0.717, 1.165) is 34.6 Å². The highest BCUT2D eigenvalue weighted by Crippen LogP contribution is 2.26. The number of methoxy groups -OCH3 is 1. The van der Waals surface area contributed by atoms with E-state index < -0.39 is 10.8 Å². The minimum atomic E-state index is -0.768. The van der Waals surface area contributed by atoms with Crippen LogP contribution < -0.4 is 10.1 Å². The minimum absolute atomic E-state index is 0.595. The molecule has 0 amide bonds. The summed E-state index contributed by atoms with van der Waals surface area (Å²) in [6.45, 7) is 2.02. The number of ether oxygens (including phenoxy) is 1. The highest BCUT2D eigenvalue weighted by molar-refractivity contribution is 9.10. The van der Waals surface area contributed by atoms with Crippen molar-refractivity contribution in [3.63, 3.8) is 0 Å². The van der Waals surface area contributed by atoms with Gasteiger partial charge in [0, 0.05) is 35.4 Å². The average molecular weight is 318 g/mol. The summed E-state index contributed by atoms with van der Waals surface area (Å²) in [6.07, 6.45) is 0. The summed E-state index contributed by atoms with van der Waals surface area (Å²) >= 11 is 3.44. The molecule has 5 heteroatoms. The molecule has 1 unspecified atom stereocenters. The Morgan fingerprint density at radius 2 is 2.29 bits per heavy atom. The second-order valence-corrected chi connectivity index (χ2v) is 6.60. The van der Waals surface area contributed by atoms with Crippen LogP contribution >= 0.6 is 15.9 Å². The molecule has 0 radical (unpaired) electrons. The Kier molecular flexibility index (Phi) is 4.59. The van der Waals surface area contributed by atoms with E-state index in [1.807, 2.05) is 18.2 Å². The Bertz CT molecular complexity index is 421. The third-order valence-corrected chi connectivity index (χ3v) is 4.95. The second kappa shape index (κ2) is 5.98. The van der Waals surface area contributed by atoms with Crippen LogP contribution in [0.1, 0.15) is 5.56 Å². The quantitative estimate of drug-likeness (QED) is 0.901. The Balaban J connectivity index is 1.93. The number of hydrogen-bond donors (Lipinski definition) is 1. The normalized spacial score (nSPS) is 17.5. The first-order valence-corrected chi connectivity index (χ1v) is 7.85. The molecule has 17 heavy (non-hydrogen) atoms. The summed E-state index contributed by atoms with van der Waals surface area (Å²) in [7, 11) is 0.872. The SMILES string of the molecule is COc1ccc(CS(=O)CC2CNC2)cc1Br. The van der Waals surface area contributed by atoms with Gasteiger partial charge in [0.2, 0.25) is 0 Å². The molecule has 1 heterocycles. The second-order valence-electron chi connectivity index (χ2n) is 4.24. The summed E-state index contributed by atoms with van der Waals surface area (Å²) in [4.78, 5) is 0. The van der Waals surface area contributed by atoms with Gasteiger partial charge in [0.1, 0.15) is 5.75 Å². The molecule has 1 aliphatic rings. The summed E-state index contributed by atoms with van der Waals surface area (Å²) < 4.78 is 18.0. The third kappa shape index (κ3) is 3.53. The van der Waals surface area contributed by atoms with Crippen LogP contribution in [0, 0.1) is 5.92 Å². The van der Waals surface area contributed by atoms with E-state index >= 15 is 0 Å². The summed E-state index contributed by atoms with van der Waals surface area (Å²) in [5.41, 5.74) is 1.09. The van der Waals surface area contributed by atoms with Crippen molar-refractivity contribution >= 4 is 26.7 Å². The van der Waals surface area contributed by atoms with Crippen molar-refractivity contribution in [2.75, 3.05) is 26.0 Å². The van der Waals surface area contributed by atoms with Crippen LogP contribution in [0.15, 0.2) is 22.7 Å². The Morgan fingerprint density at radius 3 is 2.82 bits per heavy atom. The lowest BCUT2D eigenvalue weighted by atomic mass is 10.1. The molecule has 0 saturated carbocycles. The van der Waals surface area contributed by atoms with Crippen LogP contribution in [0.2, 0.25) is 0 Å². The number of rotatable bonds is 5. The molecule has 0 aliphatic carbocycles. The van der Waals surface area contributed by atoms with Gasteiger partial charge in [-0.3, -0.25) is 4.21 Å². The topological polar surface area (TPSA) is 38.3 Å². The highest BCUT2D eigenvalue weighted by atomic mass is 79.9. The van der Waals surface area contributed by atoms with Gasteiger partial charge in [-0.15, -0.1) is 0 Å². The molecule has 0 bridgehead atoms. The van der Waals surface area contributed by atoms with Crippen molar-refractivity contribution in [2.45, 2.75) is 5.75 Å². The van der Waals surface area contributed by atoms with E-state index in [1.165, 1.54) is 0 Å². The Labute approximate surface area is 113 Å². The molecule has 1 aromatic rings. The maximum atomic E-state index is 11.9. The molecule has 3 nitrogen and oxygen atoms in total. The molecule has 0 spiro atoms. The first-order valence-electron chi connectivity index (χ1n) is 5.57. The number of nitrogens with one attached hydrogen (secondary N) is 1. The van der Waals surface area contributed by atoms with Gasteiger partial charge in [0.25, 0.3) is 0 Å². The largest absolute Gasteiger partial charge is 0.496 e. The monoisotopic (exact) mass is 317 g/mol. The first kappa shape index (κ1) is 13.1. The molecule has 2 rings (SSSR count). The summed E-state index contributed by atoms with van der Waals surface area (Å²) in [5, 5.41) is 3.20. The molecule has 1 atom stereocenters. The zero-order valence-corrected chi connectivity index (χ0v) is 12.1. The lowest BCUT2D eigenvalue weighted by Crippen LogP contribution is -2.44. The van der Waals surface area contributed by atoms with Gasteiger partial charge in [0.15, 0.2) is 0 Å². The highest BCUT2D eigenvalue weighted by Gasteiger charge is 2.19. The molecule has 1 N–H and O–H groups in total. The molecule has 1 fully saturated rings. The van der Waals surface area contributed by atoms with E-state index in [1.54, 1.807) is 7.11 Å². The van der Waals surface area contributed by atoms with Crippen LogP contribution in [-0.2, 0) is 16.6 Å². The maximum Gasteiger partial charge on any atom is 0.133 e. The van der Waals surface area contributed by atoms with Crippen molar-refractivity contribution in [3.05, 3.63) is 28.2 Å². The van der Waals surface area contributed by atoms with Gasteiger partial charge in [-0.25, -0.2) is 0 Å². The zero-order valence-electron chi connectivity index (χ0n) is 9.74. The van der Waals surface area contributed by atoms with Crippen molar-refractivity contribution in [1.29, 1.82) is 0 Å². The van der Waals surface area contributed by atoms with Gasteiger partial charge < -0.3 is 10.1 Å². The Hall–Kier alpha value is -0.390. The zero-order chi connectivity index (χ0) is 12.3. The van der Waals surface area contributed by atoms with Crippen LogP contribution in [0.5, 0.6) is 5.75 Å². The smallest absolute Gasteiger partial charge is 0.133 e. The molecule has 94 valence electrons. The predicted molar refractivity (Wildman–Crippen MR) is 73.8 cm³/mol. The van der Waals surface area contributed by atoms with Crippen LogP contribution in [0.3, 0.4) is 0 Å². The van der Waals surface area contributed by atoms with Crippen LogP contribution in [0.25, 0.3) is 0 Å². The van der Waals surface area contributed by atoms with E-state index in [4.69, 9.17) is 4.74 Å². The number of halogens is 1. The number of benzene rings is 1. The fraction of sp³-hybridized carbons (Fsp3) is 0.500. The molecule has 1 aliphatic heterocycles. The van der Waals surface area contributed by atoms with Crippen molar-refractivity contribution < 1.29 is 8.95 Å². The lowest BCUT2D eigenvalue weighted by Gasteiger charge is -2.26. The number of hydrogen-bond acceptors (Lipinski definition) is 3. The molecular weight excluding hydrogens is 302 g/mol. The standard InChI is InChI=1S/C12H16BrNO2S/c1-16-12-3-2-9(4-11(12)13)7-17(15)8-10-5-14-6-10/h2-4,10,14H,5-8H2,1H3. The fourth-order valence-electron chi connectivity index (χ4n) is 1.77. The Morgan fingerprint density at radius 1 is 1.53 bits per heavy atom. The van der Waals surface area contributed by atoms with Gasteiger partial charge >= 0.3 is 0 Å². The summed E-state index contributed by atoms with van der Waals surface area (Å²) in [6, 6.07) is 5.86. The molecule has 1 aromatic carbocycles. The van der Waals surface area contributed by atoms with Gasteiger partial charge in [-0.2, -0.15) is 0 Å². The molecule has 1 saturated heterocycles. The van der Waals surface area contributed by atoms with Crippen molar-refractivity contribution in [3.8, 4) is 5.75 Å². The fourth-order valence-corrected chi connectivity index (χ4v) is 3.79. The van der Waals surface area contributed by atoms with Crippen molar-refractivity contribution in [2.24, 2.45) is 5.92 Å². The maximum absolute atomic E-state index is 11.9. The van der Waals surface area contributed by atoms with E-state index in [-0.39, 0.29) is 0 Å². The van der Waals surface area contributed by atoms with E-state index in [2.05, 4.69) is 21.2 Å². The minimum Gasteiger partial charge on any atom is -0.496 e. The molecular formula is C12H16BrNO2S. The predicted octanol–water partition coefficient (Wildman–Crippen LogP) is 1.93. The average Bonchev–Trinajstić information content (AvgIpc) is 2.24. The van der Waals surface area contributed by atoms with Gasteiger partial charge in [0.05, 0.1) is 11.6 Å². The van der Waals surface area contributed by atoms with Gasteiger partial charge in [-0.05, 0) is 39.5 Å². The van der Waals surface area contributed by atoms with Crippen LogP contribution in [0.4, 0.5) is 0 Å². The van der Waals surface area contributed by atoms with Crippen LogP contribution in [-0.4, -0.2) is 30.2 Å².